The van der Waals surface area contributed by atoms with Crippen LogP contribution in [-0.4, -0.2) is 12.0 Å². The van der Waals surface area contributed by atoms with Crippen molar-refractivity contribution in [1.82, 2.24) is 0 Å². The van der Waals surface area contributed by atoms with Gasteiger partial charge >= 0.3 is 6.18 Å². The fraction of sp³-hybridized carbons (Fsp3) is 0.316. The maximum Gasteiger partial charge on any atom is 0.418 e. The van der Waals surface area contributed by atoms with Crippen molar-refractivity contribution in [2.24, 2.45) is 0 Å². The van der Waals surface area contributed by atoms with Gasteiger partial charge in [0.1, 0.15) is 5.75 Å². The number of anilines is 1. The van der Waals surface area contributed by atoms with E-state index in [1.54, 1.807) is 13.0 Å². The Labute approximate surface area is 155 Å². The number of nitrogens with one attached hydrogen (secondary N) is 1. The molecule has 0 aliphatic rings. The molecule has 2 aromatic carbocycles. The summed E-state index contributed by atoms with van der Waals surface area (Å²) in [7, 11) is 0. The van der Waals surface area contributed by atoms with E-state index in [9.17, 15) is 18.0 Å². The van der Waals surface area contributed by atoms with Crippen LogP contribution in [0.15, 0.2) is 36.4 Å². The van der Waals surface area contributed by atoms with E-state index in [1.165, 1.54) is 6.07 Å². The average Bonchev–Trinajstić information content (AvgIpc) is 2.56. The van der Waals surface area contributed by atoms with Crippen molar-refractivity contribution in [3.8, 4) is 5.75 Å². The molecule has 0 spiro atoms. The molecule has 0 aliphatic carbocycles. The number of aryl methyl sites for hydroxylation is 2. The maximum atomic E-state index is 13.2. The quantitative estimate of drug-likeness (QED) is 0.709. The van der Waals surface area contributed by atoms with E-state index < -0.39 is 23.8 Å². The molecule has 0 radical (unpaired) electrons. The van der Waals surface area contributed by atoms with Crippen LogP contribution in [0.3, 0.4) is 0 Å². The topological polar surface area (TPSA) is 38.3 Å². The summed E-state index contributed by atoms with van der Waals surface area (Å²) in [4.78, 5) is 12.5. The number of carbonyl (C=O) groups is 1. The summed E-state index contributed by atoms with van der Waals surface area (Å²) >= 11 is 5.65. The second-order valence-corrected chi connectivity index (χ2v) is 6.40. The monoisotopic (exact) mass is 385 g/mol. The number of halogens is 4. The second-order valence-electron chi connectivity index (χ2n) is 5.96. The van der Waals surface area contributed by atoms with Crippen LogP contribution in [0.5, 0.6) is 5.75 Å². The first kappa shape index (κ1) is 20.1. The number of hydrogen-bond donors (Lipinski definition) is 1. The Balaban J connectivity index is 2.24. The zero-order valence-electron chi connectivity index (χ0n) is 14.6. The van der Waals surface area contributed by atoms with Gasteiger partial charge in [-0.2, -0.15) is 13.2 Å². The number of hydrogen-bond acceptors (Lipinski definition) is 2. The Kier molecular flexibility index (Phi) is 6.18. The summed E-state index contributed by atoms with van der Waals surface area (Å²) in [6.07, 6.45) is -5.26. The number of rotatable bonds is 5. The Morgan fingerprint density at radius 1 is 1.19 bits per heavy atom. The summed E-state index contributed by atoms with van der Waals surface area (Å²) in [6.45, 7) is 5.44. The van der Waals surface area contributed by atoms with E-state index in [1.807, 2.05) is 26.0 Å². The molecule has 1 atom stereocenters. The van der Waals surface area contributed by atoms with Crippen molar-refractivity contribution in [3.63, 3.8) is 0 Å². The number of alkyl halides is 3. The van der Waals surface area contributed by atoms with Gasteiger partial charge in [0, 0.05) is 5.02 Å². The SMILES string of the molecule is CCC(Oc1cc(C)ccc1C)C(=O)Nc1ccc(Cl)cc1C(F)(F)F. The summed E-state index contributed by atoms with van der Waals surface area (Å²) in [5.41, 5.74) is 0.442. The molecule has 0 aliphatic heterocycles. The van der Waals surface area contributed by atoms with Gasteiger partial charge in [-0.25, -0.2) is 0 Å². The first-order chi connectivity index (χ1) is 12.1. The van der Waals surface area contributed by atoms with Crippen LogP contribution in [0.25, 0.3) is 0 Å². The van der Waals surface area contributed by atoms with E-state index in [2.05, 4.69) is 5.32 Å². The van der Waals surface area contributed by atoms with Gasteiger partial charge in [-0.05, 0) is 55.7 Å². The molecule has 0 heterocycles. The number of amides is 1. The molecule has 1 N–H and O–H groups in total. The predicted molar refractivity (Wildman–Crippen MR) is 95.7 cm³/mol. The van der Waals surface area contributed by atoms with Gasteiger partial charge in [-0.1, -0.05) is 30.7 Å². The highest BCUT2D eigenvalue weighted by molar-refractivity contribution is 6.30. The summed E-state index contributed by atoms with van der Waals surface area (Å²) in [5, 5.41) is 2.25. The lowest BCUT2D eigenvalue weighted by molar-refractivity contribution is -0.137. The van der Waals surface area contributed by atoms with E-state index >= 15 is 0 Å². The molecule has 3 nitrogen and oxygen atoms in total. The van der Waals surface area contributed by atoms with Gasteiger partial charge in [0.15, 0.2) is 6.10 Å². The normalized spacial score (nSPS) is 12.6. The summed E-state index contributed by atoms with van der Waals surface area (Å²) in [6, 6.07) is 8.76. The first-order valence-electron chi connectivity index (χ1n) is 8.03. The van der Waals surface area contributed by atoms with Gasteiger partial charge < -0.3 is 10.1 Å². The highest BCUT2D eigenvalue weighted by Gasteiger charge is 2.34. The molecule has 1 unspecified atom stereocenters. The molecule has 0 bridgehead atoms. The van der Waals surface area contributed by atoms with Crippen LogP contribution in [-0.2, 0) is 11.0 Å². The van der Waals surface area contributed by atoms with Crippen LogP contribution in [0.1, 0.15) is 30.0 Å². The molecule has 0 saturated carbocycles. The molecule has 0 fully saturated rings. The van der Waals surface area contributed by atoms with Crippen molar-refractivity contribution in [2.75, 3.05) is 5.32 Å². The number of ether oxygens (including phenoxy) is 1. The summed E-state index contributed by atoms with van der Waals surface area (Å²) in [5.74, 6) is -0.125. The second kappa shape index (κ2) is 7.99. The average molecular weight is 386 g/mol. The zero-order chi connectivity index (χ0) is 19.5. The van der Waals surface area contributed by atoms with Crippen LogP contribution in [0.4, 0.5) is 18.9 Å². The van der Waals surface area contributed by atoms with Gasteiger partial charge in [-0.3, -0.25) is 4.79 Å². The predicted octanol–water partition coefficient (Wildman–Crippen LogP) is 5.77. The molecule has 26 heavy (non-hydrogen) atoms. The van der Waals surface area contributed by atoms with Gasteiger partial charge in [0.2, 0.25) is 0 Å². The Bertz CT molecular complexity index is 806. The molecular weight excluding hydrogens is 367 g/mol. The van der Waals surface area contributed by atoms with E-state index in [4.69, 9.17) is 16.3 Å². The molecule has 140 valence electrons. The van der Waals surface area contributed by atoms with Crippen molar-refractivity contribution < 1.29 is 22.7 Å². The van der Waals surface area contributed by atoms with Crippen LogP contribution in [0, 0.1) is 13.8 Å². The standard InChI is InChI=1S/C19H19ClF3NO2/c1-4-16(26-17-9-11(2)5-6-12(17)3)18(25)24-15-8-7-13(20)10-14(15)19(21,22)23/h5-10,16H,4H2,1-3H3,(H,24,25). The third kappa shape index (κ3) is 4.91. The molecule has 0 saturated heterocycles. The highest BCUT2D eigenvalue weighted by atomic mass is 35.5. The number of carbonyl (C=O) groups excluding carboxylic acids is 1. The minimum absolute atomic E-state index is 0.0611. The van der Waals surface area contributed by atoms with Crippen LogP contribution in [0.2, 0.25) is 5.02 Å². The first-order valence-corrected chi connectivity index (χ1v) is 8.41. The third-order valence-corrected chi connectivity index (χ3v) is 4.06. The molecule has 2 rings (SSSR count). The lowest BCUT2D eigenvalue weighted by Crippen LogP contribution is -2.33. The minimum Gasteiger partial charge on any atom is -0.480 e. The molecular formula is C19H19ClF3NO2. The van der Waals surface area contributed by atoms with Crippen molar-refractivity contribution in [2.45, 2.75) is 39.5 Å². The largest absolute Gasteiger partial charge is 0.480 e. The van der Waals surface area contributed by atoms with Crippen molar-refractivity contribution in [1.29, 1.82) is 0 Å². The van der Waals surface area contributed by atoms with Crippen molar-refractivity contribution in [3.05, 3.63) is 58.1 Å². The molecule has 2 aromatic rings. The third-order valence-electron chi connectivity index (χ3n) is 3.82. The van der Waals surface area contributed by atoms with Crippen LogP contribution < -0.4 is 10.1 Å². The Morgan fingerprint density at radius 2 is 1.88 bits per heavy atom. The number of benzene rings is 2. The fourth-order valence-corrected chi connectivity index (χ4v) is 2.56. The smallest absolute Gasteiger partial charge is 0.418 e. The van der Waals surface area contributed by atoms with E-state index in [-0.39, 0.29) is 10.7 Å². The van der Waals surface area contributed by atoms with Crippen LogP contribution >= 0.6 is 11.6 Å². The molecule has 7 heteroatoms. The van der Waals surface area contributed by atoms with Gasteiger partial charge in [0.05, 0.1) is 11.3 Å². The lowest BCUT2D eigenvalue weighted by atomic mass is 10.1. The fourth-order valence-electron chi connectivity index (χ4n) is 2.38. The van der Waals surface area contributed by atoms with Gasteiger partial charge in [0.25, 0.3) is 5.91 Å². The minimum atomic E-state index is -4.64. The van der Waals surface area contributed by atoms with E-state index in [0.29, 0.717) is 12.2 Å². The Hall–Kier alpha value is -2.21. The highest BCUT2D eigenvalue weighted by Crippen LogP contribution is 2.36. The lowest BCUT2D eigenvalue weighted by Gasteiger charge is -2.20. The Morgan fingerprint density at radius 3 is 2.50 bits per heavy atom. The van der Waals surface area contributed by atoms with E-state index in [0.717, 1.165) is 23.3 Å². The van der Waals surface area contributed by atoms with Gasteiger partial charge in [-0.15, -0.1) is 0 Å². The molecule has 0 aromatic heterocycles. The van der Waals surface area contributed by atoms with Crippen molar-refractivity contribution >= 4 is 23.2 Å². The molecule has 1 amide bonds. The summed E-state index contributed by atoms with van der Waals surface area (Å²) < 4.78 is 45.2. The maximum absolute atomic E-state index is 13.2. The zero-order valence-corrected chi connectivity index (χ0v) is 15.3.